The second-order valence-electron chi connectivity index (χ2n) is 3.40. The number of hydrogen-bond acceptors (Lipinski definition) is 2. The van der Waals surface area contributed by atoms with E-state index < -0.39 is 0 Å². The molecule has 66 valence electrons. The average Bonchev–Trinajstić information content (AvgIpc) is 2.05. The van der Waals surface area contributed by atoms with E-state index in [9.17, 15) is 0 Å². The molecule has 1 heterocycles. The van der Waals surface area contributed by atoms with Crippen molar-refractivity contribution < 1.29 is 5.11 Å². The van der Waals surface area contributed by atoms with Gasteiger partial charge in [0.1, 0.15) is 0 Å². The summed E-state index contributed by atoms with van der Waals surface area (Å²) in [5.74, 6) is 0. The predicted octanol–water partition coefficient (Wildman–Crippen LogP) is 2.11. The van der Waals surface area contributed by atoms with Crippen LogP contribution in [0.5, 0.6) is 0 Å². The van der Waals surface area contributed by atoms with Crippen LogP contribution in [0.15, 0.2) is 22.8 Å². The van der Waals surface area contributed by atoms with Crippen LogP contribution in [0.25, 0.3) is 0 Å². The molecule has 0 aliphatic heterocycles. The largest absolute Gasteiger partial charge is 0.395 e. The lowest BCUT2D eigenvalue weighted by Gasteiger charge is -2.20. The monoisotopic (exact) mass is 229 g/mol. The third-order valence-electron chi connectivity index (χ3n) is 1.82. The van der Waals surface area contributed by atoms with E-state index >= 15 is 0 Å². The third kappa shape index (κ3) is 2.05. The van der Waals surface area contributed by atoms with Crippen LogP contribution in [-0.4, -0.2) is 16.7 Å². The van der Waals surface area contributed by atoms with E-state index in [0.29, 0.717) is 0 Å². The van der Waals surface area contributed by atoms with Crippen LogP contribution < -0.4 is 0 Å². The molecule has 0 fully saturated rings. The number of aliphatic hydroxyl groups excluding tert-OH is 1. The van der Waals surface area contributed by atoms with Crippen molar-refractivity contribution in [2.45, 2.75) is 19.3 Å². The van der Waals surface area contributed by atoms with Gasteiger partial charge in [0, 0.05) is 21.8 Å². The van der Waals surface area contributed by atoms with Gasteiger partial charge >= 0.3 is 0 Å². The molecule has 0 radical (unpaired) electrons. The Labute approximate surface area is 80.8 Å². The summed E-state index contributed by atoms with van der Waals surface area (Å²) in [6.07, 6.45) is 1.74. The first-order valence-corrected chi connectivity index (χ1v) is 4.58. The maximum absolute atomic E-state index is 9.07. The fourth-order valence-electron chi connectivity index (χ4n) is 0.857. The Hall–Kier alpha value is -0.410. The Morgan fingerprint density at radius 3 is 2.58 bits per heavy atom. The quantitative estimate of drug-likeness (QED) is 0.844. The fourth-order valence-corrected chi connectivity index (χ4v) is 1.09. The van der Waals surface area contributed by atoms with Crippen molar-refractivity contribution in [1.82, 2.24) is 4.98 Å². The van der Waals surface area contributed by atoms with Gasteiger partial charge in [-0.15, -0.1) is 0 Å². The van der Waals surface area contributed by atoms with Gasteiger partial charge in [-0.1, -0.05) is 13.8 Å². The lowest BCUT2D eigenvalue weighted by molar-refractivity contribution is 0.215. The molecule has 0 aliphatic carbocycles. The van der Waals surface area contributed by atoms with Crippen LogP contribution in [0.2, 0.25) is 0 Å². The highest BCUT2D eigenvalue weighted by atomic mass is 79.9. The first-order chi connectivity index (χ1) is 5.56. The van der Waals surface area contributed by atoms with Gasteiger partial charge < -0.3 is 5.11 Å². The van der Waals surface area contributed by atoms with Crippen molar-refractivity contribution in [3.8, 4) is 0 Å². The van der Waals surface area contributed by atoms with Crippen molar-refractivity contribution >= 4 is 15.9 Å². The van der Waals surface area contributed by atoms with E-state index in [2.05, 4.69) is 20.9 Å². The Bertz CT molecular complexity index is 256. The van der Waals surface area contributed by atoms with E-state index in [4.69, 9.17) is 5.11 Å². The normalized spacial score (nSPS) is 11.7. The lowest BCUT2D eigenvalue weighted by Crippen LogP contribution is -2.23. The lowest BCUT2D eigenvalue weighted by atomic mass is 9.90. The topological polar surface area (TPSA) is 33.1 Å². The zero-order valence-corrected chi connectivity index (χ0v) is 8.80. The SMILES string of the molecule is CC(C)(CO)c1ccc(Br)cn1. The van der Waals surface area contributed by atoms with Gasteiger partial charge in [-0.2, -0.15) is 0 Å². The number of pyridine rings is 1. The number of nitrogens with zero attached hydrogens (tertiary/aromatic N) is 1. The molecule has 1 N–H and O–H groups in total. The van der Waals surface area contributed by atoms with Crippen LogP contribution in [0, 0.1) is 0 Å². The smallest absolute Gasteiger partial charge is 0.0537 e. The molecule has 0 aromatic carbocycles. The summed E-state index contributed by atoms with van der Waals surface area (Å²) in [6.45, 7) is 4.04. The van der Waals surface area contributed by atoms with E-state index in [1.54, 1.807) is 6.20 Å². The maximum atomic E-state index is 9.07. The Morgan fingerprint density at radius 1 is 1.50 bits per heavy atom. The van der Waals surface area contributed by atoms with Crippen LogP contribution in [0.4, 0.5) is 0 Å². The number of hydrogen-bond donors (Lipinski definition) is 1. The minimum absolute atomic E-state index is 0.113. The molecule has 0 unspecified atom stereocenters. The van der Waals surface area contributed by atoms with Crippen LogP contribution in [0.1, 0.15) is 19.5 Å². The minimum Gasteiger partial charge on any atom is -0.395 e. The molecule has 0 aliphatic rings. The zero-order chi connectivity index (χ0) is 9.19. The molecule has 0 atom stereocenters. The fraction of sp³-hybridized carbons (Fsp3) is 0.444. The van der Waals surface area contributed by atoms with Crippen molar-refractivity contribution in [3.05, 3.63) is 28.5 Å². The second-order valence-corrected chi connectivity index (χ2v) is 4.32. The molecule has 0 saturated carbocycles. The summed E-state index contributed by atoms with van der Waals surface area (Å²) in [5.41, 5.74) is 0.661. The van der Waals surface area contributed by atoms with Gasteiger partial charge in [-0.3, -0.25) is 4.98 Å². The second kappa shape index (κ2) is 3.54. The van der Waals surface area contributed by atoms with Crippen molar-refractivity contribution in [1.29, 1.82) is 0 Å². The summed E-state index contributed by atoms with van der Waals surface area (Å²) in [7, 11) is 0. The minimum atomic E-state index is -0.249. The standard InChI is InChI=1S/C9H12BrNO/c1-9(2,6-12)8-4-3-7(10)5-11-8/h3-5,12H,6H2,1-2H3. The molecule has 12 heavy (non-hydrogen) atoms. The Balaban J connectivity index is 2.96. The van der Waals surface area contributed by atoms with Gasteiger partial charge in [-0.05, 0) is 28.1 Å². The van der Waals surface area contributed by atoms with E-state index in [1.165, 1.54) is 0 Å². The van der Waals surface area contributed by atoms with Crippen LogP contribution in [-0.2, 0) is 5.41 Å². The molecule has 0 amide bonds. The Kier molecular flexibility index (Phi) is 2.85. The van der Waals surface area contributed by atoms with Gasteiger partial charge in [-0.25, -0.2) is 0 Å². The summed E-state index contributed by atoms with van der Waals surface area (Å²) in [4.78, 5) is 4.21. The summed E-state index contributed by atoms with van der Waals surface area (Å²) in [6, 6.07) is 3.85. The highest BCUT2D eigenvalue weighted by molar-refractivity contribution is 9.10. The highest BCUT2D eigenvalue weighted by Crippen LogP contribution is 2.21. The molecule has 1 aromatic rings. The maximum Gasteiger partial charge on any atom is 0.0537 e. The number of halogens is 1. The third-order valence-corrected chi connectivity index (χ3v) is 2.29. The molecule has 0 spiro atoms. The first kappa shape index (κ1) is 9.68. The van der Waals surface area contributed by atoms with E-state index in [-0.39, 0.29) is 12.0 Å². The summed E-state index contributed by atoms with van der Waals surface area (Å²) in [5, 5.41) is 9.07. The zero-order valence-electron chi connectivity index (χ0n) is 7.21. The first-order valence-electron chi connectivity index (χ1n) is 3.79. The van der Waals surface area contributed by atoms with Gasteiger partial charge in [0.05, 0.1) is 6.61 Å². The van der Waals surface area contributed by atoms with Crippen LogP contribution >= 0.6 is 15.9 Å². The average molecular weight is 230 g/mol. The molecule has 2 nitrogen and oxygen atoms in total. The number of rotatable bonds is 2. The molecular weight excluding hydrogens is 218 g/mol. The van der Waals surface area contributed by atoms with Crippen LogP contribution in [0.3, 0.4) is 0 Å². The Morgan fingerprint density at radius 2 is 2.17 bits per heavy atom. The van der Waals surface area contributed by atoms with E-state index in [0.717, 1.165) is 10.2 Å². The number of aliphatic hydroxyl groups is 1. The van der Waals surface area contributed by atoms with Crippen molar-refractivity contribution in [3.63, 3.8) is 0 Å². The number of aromatic nitrogens is 1. The van der Waals surface area contributed by atoms with Crippen molar-refractivity contribution in [2.24, 2.45) is 0 Å². The van der Waals surface area contributed by atoms with Gasteiger partial charge in [0.2, 0.25) is 0 Å². The highest BCUT2D eigenvalue weighted by Gasteiger charge is 2.20. The molecule has 0 bridgehead atoms. The van der Waals surface area contributed by atoms with E-state index in [1.807, 2.05) is 26.0 Å². The molecular formula is C9H12BrNO. The summed E-state index contributed by atoms with van der Waals surface area (Å²) < 4.78 is 0.958. The predicted molar refractivity (Wildman–Crippen MR) is 52.0 cm³/mol. The van der Waals surface area contributed by atoms with Gasteiger partial charge in [0.15, 0.2) is 0 Å². The molecule has 3 heteroatoms. The molecule has 1 rings (SSSR count). The van der Waals surface area contributed by atoms with Gasteiger partial charge in [0.25, 0.3) is 0 Å². The summed E-state index contributed by atoms with van der Waals surface area (Å²) >= 11 is 3.31. The molecule has 0 saturated heterocycles. The van der Waals surface area contributed by atoms with Crippen molar-refractivity contribution in [2.75, 3.05) is 6.61 Å². The molecule has 1 aromatic heterocycles.